The molecule has 0 aromatic heterocycles. The van der Waals surface area contributed by atoms with Gasteiger partial charge in [-0.15, -0.1) is 0 Å². The van der Waals surface area contributed by atoms with Crippen LogP contribution >= 0.6 is 0 Å². The van der Waals surface area contributed by atoms with Gasteiger partial charge in [-0.05, 0) is 13.0 Å². The summed E-state index contributed by atoms with van der Waals surface area (Å²) in [6.45, 7) is 6.31. The zero-order valence-corrected chi connectivity index (χ0v) is 7.20. The van der Waals surface area contributed by atoms with Crippen LogP contribution in [0.3, 0.4) is 0 Å². The second-order valence-corrected chi connectivity index (χ2v) is 2.54. The number of rotatable bonds is 0. The van der Waals surface area contributed by atoms with Crippen molar-refractivity contribution in [3.05, 3.63) is 36.6 Å². The molecule has 1 heterocycles. The lowest BCUT2D eigenvalue weighted by Gasteiger charge is -2.17. The van der Waals surface area contributed by atoms with E-state index in [0.29, 0.717) is 6.54 Å². The summed E-state index contributed by atoms with van der Waals surface area (Å²) in [5.74, 6) is 6.46. The molecule has 0 saturated carbocycles. The van der Waals surface area contributed by atoms with Gasteiger partial charge in [-0.2, -0.15) is 0 Å². The van der Waals surface area contributed by atoms with Crippen LogP contribution in [0.15, 0.2) is 41.6 Å². The molecule has 0 unspecified atom stereocenters. The number of amidine groups is 1. The second-order valence-electron chi connectivity index (χ2n) is 2.54. The third-order valence-electron chi connectivity index (χ3n) is 1.62. The summed E-state index contributed by atoms with van der Waals surface area (Å²) in [6.07, 6.45) is 7.64. The van der Waals surface area contributed by atoms with Crippen LogP contribution < -0.4 is 5.84 Å². The van der Waals surface area contributed by atoms with E-state index in [1.54, 1.807) is 0 Å². The Balaban J connectivity index is 2.87. The summed E-state index contributed by atoms with van der Waals surface area (Å²) in [6, 6.07) is 0. The molecule has 1 aliphatic rings. The summed E-state index contributed by atoms with van der Waals surface area (Å²) in [5.41, 5.74) is 0.739. The number of aliphatic imine (C=N–C) groups is 1. The summed E-state index contributed by atoms with van der Waals surface area (Å²) >= 11 is 0. The predicted molar refractivity (Wildman–Crippen MR) is 51.4 cm³/mol. The van der Waals surface area contributed by atoms with Crippen molar-refractivity contribution in [3.63, 3.8) is 0 Å². The predicted octanol–water partition coefficient (Wildman–Crippen LogP) is 1.22. The third kappa shape index (κ3) is 2.07. The van der Waals surface area contributed by atoms with Crippen LogP contribution in [0.25, 0.3) is 0 Å². The van der Waals surface area contributed by atoms with E-state index in [2.05, 4.69) is 11.6 Å². The van der Waals surface area contributed by atoms with Gasteiger partial charge in [0.25, 0.3) is 0 Å². The number of nitrogens with zero attached hydrogens (tertiary/aromatic N) is 2. The van der Waals surface area contributed by atoms with E-state index < -0.39 is 0 Å². The summed E-state index contributed by atoms with van der Waals surface area (Å²) < 4.78 is 0. The van der Waals surface area contributed by atoms with Crippen molar-refractivity contribution >= 4 is 5.84 Å². The van der Waals surface area contributed by atoms with Crippen LogP contribution in [0.2, 0.25) is 0 Å². The molecule has 0 atom stereocenters. The first-order valence-corrected chi connectivity index (χ1v) is 3.80. The van der Waals surface area contributed by atoms with Crippen molar-refractivity contribution in [1.82, 2.24) is 5.01 Å². The van der Waals surface area contributed by atoms with Gasteiger partial charge in [0.2, 0.25) is 0 Å². The first-order chi connectivity index (χ1) is 5.72. The first kappa shape index (κ1) is 8.74. The molecule has 2 N–H and O–H groups in total. The molecule has 64 valence electrons. The van der Waals surface area contributed by atoms with Gasteiger partial charge < -0.3 is 0 Å². The van der Waals surface area contributed by atoms with E-state index in [-0.39, 0.29) is 0 Å². The summed E-state index contributed by atoms with van der Waals surface area (Å²) in [5, 5.41) is 1.48. The van der Waals surface area contributed by atoms with Gasteiger partial charge in [-0.3, -0.25) is 10.0 Å². The third-order valence-corrected chi connectivity index (χ3v) is 1.62. The maximum absolute atomic E-state index is 5.68. The van der Waals surface area contributed by atoms with Crippen molar-refractivity contribution < 1.29 is 0 Å². The van der Waals surface area contributed by atoms with E-state index in [4.69, 9.17) is 5.84 Å². The average molecular weight is 163 g/mol. The van der Waals surface area contributed by atoms with Crippen LogP contribution in [0.4, 0.5) is 0 Å². The van der Waals surface area contributed by atoms with E-state index in [9.17, 15) is 0 Å². The fraction of sp³-hybridized carbons (Fsp3) is 0.222. The molecule has 0 aromatic rings. The second kappa shape index (κ2) is 3.88. The molecular weight excluding hydrogens is 150 g/mol. The summed E-state index contributed by atoms with van der Waals surface area (Å²) in [4.78, 5) is 4.20. The molecule has 0 saturated heterocycles. The standard InChI is InChI=1S/C9H13N3/c1-8-6-4-3-5-7-11-9(2)12(8)10/h3-6H,1,7,10H2,2H3/b5-3-,6-4-,11-9-. The lowest BCUT2D eigenvalue weighted by molar-refractivity contribution is 0.559. The number of hydrazine groups is 1. The molecule has 3 nitrogen and oxygen atoms in total. The molecular formula is C9H13N3. The molecule has 0 aliphatic carbocycles. The molecule has 0 spiro atoms. The Bertz CT molecular complexity index is 259. The highest BCUT2D eigenvalue weighted by Crippen LogP contribution is 2.01. The largest absolute Gasteiger partial charge is 0.267 e. The van der Waals surface area contributed by atoms with Crippen molar-refractivity contribution in [2.75, 3.05) is 6.54 Å². The fourth-order valence-corrected chi connectivity index (χ4v) is 0.855. The number of nitrogens with two attached hydrogens (primary N) is 1. The van der Waals surface area contributed by atoms with Gasteiger partial charge in [-0.25, -0.2) is 5.84 Å². The molecule has 0 fully saturated rings. The molecule has 1 aliphatic heterocycles. The van der Waals surface area contributed by atoms with Gasteiger partial charge in [-0.1, -0.05) is 24.8 Å². The molecule has 12 heavy (non-hydrogen) atoms. The Morgan fingerprint density at radius 2 is 2.33 bits per heavy atom. The van der Waals surface area contributed by atoms with E-state index in [0.717, 1.165) is 11.5 Å². The van der Waals surface area contributed by atoms with Crippen molar-refractivity contribution in [2.45, 2.75) is 6.92 Å². The molecule has 0 aromatic carbocycles. The van der Waals surface area contributed by atoms with Gasteiger partial charge in [0.05, 0.1) is 12.2 Å². The quantitative estimate of drug-likeness (QED) is 0.545. The molecule has 0 bridgehead atoms. The Morgan fingerprint density at radius 3 is 3.08 bits per heavy atom. The minimum Gasteiger partial charge on any atom is -0.267 e. The normalized spacial score (nSPS) is 28.0. The number of hydrogen-bond donors (Lipinski definition) is 1. The number of allylic oxidation sites excluding steroid dienone is 3. The van der Waals surface area contributed by atoms with Crippen LogP contribution in [-0.4, -0.2) is 17.4 Å². The van der Waals surface area contributed by atoms with E-state index >= 15 is 0 Å². The Morgan fingerprint density at radius 1 is 1.58 bits per heavy atom. The van der Waals surface area contributed by atoms with E-state index in [1.165, 1.54) is 5.01 Å². The fourth-order valence-electron chi connectivity index (χ4n) is 0.855. The molecule has 1 rings (SSSR count). The molecule has 0 amide bonds. The SMILES string of the molecule is C=C1/C=C\C=C/C/N=C(/C)N1N. The highest BCUT2D eigenvalue weighted by atomic mass is 15.4. The van der Waals surface area contributed by atoms with Gasteiger partial charge in [0.15, 0.2) is 0 Å². The Hall–Kier alpha value is -1.35. The zero-order chi connectivity index (χ0) is 8.97. The first-order valence-electron chi connectivity index (χ1n) is 3.80. The van der Waals surface area contributed by atoms with Gasteiger partial charge in [0.1, 0.15) is 5.84 Å². The molecule has 0 radical (unpaired) electrons. The zero-order valence-electron chi connectivity index (χ0n) is 7.20. The topological polar surface area (TPSA) is 41.6 Å². The van der Waals surface area contributed by atoms with Crippen molar-refractivity contribution in [2.24, 2.45) is 10.8 Å². The van der Waals surface area contributed by atoms with Crippen LogP contribution in [0.5, 0.6) is 0 Å². The van der Waals surface area contributed by atoms with Gasteiger partial charge >= 0.3 is 0 Å². The number of hydrogen-bond acceptors (Lipinski definition) is 3. The van der Waals surface area contributed by atoms with Crippen molar-refractivity contribution in [3.8, 4) is 0 Å². The minimum atomic E-state index is 0.664. The lowest BCUT2D eigenvalue weighted by Crippen LogP contribution is -2.33. The molecule has 3 heteroatoms. The highest BCUT2D eigenvalue weighted by Gasteiger charge is 2.02. The average Bonchev–Trinajstić information content (AvgIpc) is 2.12. The van der Waals surface area contributed by atoms with Crippen LogP contribution in [0, 0.1) is 0 Å². The Kier molecular flexibility index (Phi) is 2.82. The smallest absolute Gasteiger partial charge is 0.115 e. The van der Waals surface area contributed by atoms with Gasteiger partial charge in [0, 0.05) is 0 Å². The summed E-state index contributed by atoms with van der Waals surface area (Å²) in [7, 11) is 0. The maximum Gasteiger partial charge on any atom is 0.115 e. The van der Waals surface area contributed by atoms with Crippen molar-refractivity contribution in [1.29, 1.82) is 0 Å². The Labute approximate surface area is 72.5 Å². The highest BCUT2D eigenvalue weighted by molar-refractivity contribution is 5.81. The monoisotopic (exact) mass is 163 g/mol. The minimum absolute atomic E-state index is 0.664. The van der Waals surface area contributed by atoms with Crippen LogP contribution in [-0.2, 0) is 0 Å². The maximum atomic E-state index is 5.68. The van der Waals surface area contributed by atoms with Crippen LogP contribution in [0.1, 0.15) is 6.92 Å². The lowest BCUT2D eigenvalue weighted by atomic mass is 10.4. The van der Waals surface area contributed by atoms with E-state index in [1.807, 2.05) is 31.2 Å².